The summed E-state index contributed by atoms with van der Waals surface area (Å²) in [5.41, 5.74) is 3.83. The van der Waals surface area contributed by atoms with Crippen LogP contribution in [0.3, 0.4) is 0 Å². The summed E-state index contributed by atoms with van der Waals surface area (Å²) in [4.78, 5) is 0. The van der Waals surface area contributed by atoms with Crippen LogP contribution >= 0.6 is 0 Å². The Labute approximate surface area is 124 Å². The van der Waals surface area contributed by atoms with Gasteiger partial charge in [-0.2, -0.15) is 0 Å². The summed E-state index contributed by atoms with van der Waals surface area (Å²) in [5, 5.41) is 3.49. The lowest BCUT2D eigenvalue weighted by Gasteiger charge is -2.17. The van der Waals surface area contributed by atoms with Crippen LogP contribution in [0.25, 0.3) is 0 Å². The summed E-state index contributed by atoms with van der Waals surface area (Å²) in [7, 11) is 0. The summed E-state index contributed by atoms with van der Waals surface area (Å²) >= 11 is 0. The zero-order valence-corrected chi connectivity index (χ0v) is 14.0. The largest absolute Gasteiger partial charge is 0.493 e. The lowest BCUT2D eigenvalue weighted by Crippen LogP contribution is -2.19. The SMILES string of the molecule is CCC(C)COc1c(C)cc(CNCC(C)C)cc1C. The maximum Gasteiger partial charge on any atom is 0.125 e. The van der Waals surface area contributed by atoms with Crippen molar-refractivity contribution in [2.75, 3.05) is 13.2 Å². The van der Waals surface area contributed by atoms with Gasteiger partial charge in [0.25, 0.3) is 0 Å². The molecule has 0 heterocycles. The second kappa shape index (κ2) is 8.31. The van der Waals surface area contributed by atoms with Crippen molar-refractivity contribution in [3.8, 4) is 5.75 Å². The molecule has 0 saturated carbocycles. The summed E-state index contributed by atoms with van der Waals surface area (Å²) in [6, 6.07) is 4.48. The Morgan fingerprint density at radius 2 is 1.70 bits per heavy atom. The minimum Gasteiger partial charge on any atom is -0.493 e. The Morgan fingerprint density at radius 1 is 1.10 bits per heavy atom. The maximum absolute atomic E-state index is 6.00. The van der Waals surface area contributed by atoms with Crippen LogP contribution in [0.1, 0.15) is 50.8 Å². The van der Waals surface area contributed by atoms with Gasteiger partial charge in [-0.1, -0.05) is 46.2 Å². The highest BCUT2D eigenvalue weighted by atomic mass is 16.5. The fourth-order valence-electron chi connectivity index (χ4n) is 2.22. The van der Waals surface area contributed by atoms with Crippen molar-refractivity contribution in [2.24, 2.45) is 11.8 Å². The molecule has 1 rings (SSSR count). The predicted molar refractivity (Wildman–Crippen MR) is 87.4 cm³/mol. The zero-order valence-electron chi connectivity index (χ0n) is 14.0. The van der Waals surface area contributed by atoms with Crippen LogP contribution in [0.4, 0.5) is 0 Å². The molecule has 2 nitrogen and oxygen atoms in total. The van der Waals surface area contributed by atoms with E-state index in [0.717, 1.165) is 31.9 Å². The molecule has 1 atom stereocenters. The molecule has 0 radical (unpaired) electrons. The van der Waals surface area contributed by atoms with Crippen molar-refractivity contribution in [2.45, 2.75) is 54.5 Å². The van der Waals surface area contributed by atoms with Crippen molar-refractivity contribution in [1.29, 1.82) is 0 Å². The van der Waals surface area contributed by atoms with Crippen molar-refractivity contribution >= 4 is 0 Å². The molecule has 1 aromatic rings. The second-order valence-electron chi connectivity index (χ2n) is 6.41. The molecule has 2 heteroatoms. The summed E-state index contributed by atoms with van der Waals surface area (Å²) in [5.74, 6) is 2.37. The van der Waals surface area contributed by atoms with E-state index in [-0.39, 0.29) is 0 Å². The van der Waals surface area contributed by atoms with Gasteiger partial charge in [0.15, 0.2) is 0 Å². The van der Waals surface area contributed by atoms with E-state index in [9.17, 15) is 0 Å². The van der Waals surface area contributed by atoms with Gasteiger partial charge in [0.1, 0.15) is 5.75 Å². The lowest BCUT2D eigenvalue weighted by molar-refractivity contribution is 0.253. The standard InChI is InChI=1S/C18H31NO/c1-7-14(4)12-20-18-15(5)8-17(9-16(18)6)11-19-10-13(2)3/h8-9,13-14,19H,7,10-12H2,1-6H3. The number of hydrogen-bond acceptors (Lipinski definition) is 2. The van der Waals surface area contributed by atoms with Gasteiger partial charge in [0.05, 0.1) is 6.61 Å². The second-order valence-corrected chi connectivity index (χ2v) is 6.41. The van der Waals surface area contributed by atoms with E-state index in [2.05, 4.69) is 59.0 Å². The summed E-state index contributed by atoms with van der Waals surface area (Å²) < 4.78 is 6.00. The maximum atomic E-state index is 6.00. The molecule has 0 bridgehead atoms. The molecule has 1 unspecified atom stereocenters. The first-order valence-electron chi connectivity index (χ1n) is 7.87. The van der Waals surface area contributed by atoms with E-state index in [0.29, 0.717) is 11.8 Å². The van der Waals surface area contributed by atoms with Crippen LogP contribution in [0.2, 0.25) is 0 Å². The monoisotopic (exact) mass is 277 g/mol. The van der Waals surface area contributed by atoms with Crippen molar-refractivity contribution in [3.63, 3.8) is 0 Å². The van der Waals surface area contributed by atoms with Gasteiger partial charge in [-0.05, 0) is 48.9 Å². The highest BCUT2D eigenvalue weighted by Crippen LogP contribution is 2.25. The molecule has 0 aliphatic heterocycles. The molecule has 0 spiro atoms. The molecule has 1 N–H and O–H groups in total. The quantitative estimate of drug-likeness (QED) is 0.756. The Bertz CT molecular complexity index is 389. The topological polar surface area (TPSA) is 21.3 Å². The van der Waals surface area contributed by atoms with E-state index in [1.165, 1.54) is 16.7 Å². The molecule has 114 valence electrons. The van der Waals surface area contributed by atoms with Gasteiger partial charge in [-0.3, -0.25) is 0 Å². The van der Waals surface area contributed by atoms with E-state index in [1.54, 1.807) is 0 Å². The highest BCUT2D eigenvalue weighted by molar-refractivity contribution is 5.43. The van der Waals surface area contributed by atoms with Gasteiger partial charge in [0.2, 0.25) is 0 Å². The van der Waals surface area contributed by atoms with Gasteiger partial charge < -0.3 is 10.1 Å². The van der Waals surface area contributed by atoms with Gasteiger partial charge >= 0.3 is 0 Å². The van der Waals surface area contributed by atoms with Crippen molar-refractivity contribution < 1.29 is 4.74 Å². The average molecular weight is 277 g/mol. The first kappa shape index (κ1) is 17.0. The van der Waals surface area contributed by atoms with Gasteiger partial charge in [0, 0.05) is 6.54 Å². The molecular formula is C18H31NO. The third-order valence-electron chi connectivity index (χ3n) is 3.61. The van der Waals surface area contributed by atoms with Gasteiger partial charge in [-0.15, -0.1) is 0 Å². The average Bonchev–Trinajstić information content (AvgIpc) is 2.37. The van der Waals surface area contributed by atoms with E-state index < -0.39 is 0 Å². The third-order valence-corrected chi connectivity index (χ3v) is 3.61. The van der Waals surface area contributed by atoms with Crippen LogP contribution < -0.4 is 10.1 Å². The minimum absolute atomic E-state index is 0.612. The third kappa shape index (κ3) is 5.54. The summed E-state index contributed by atoms with van der Waals surface area (Å²) in [6.07, 6.45) is 1.16. The molecular weight excluding hydrogens is 246 g/mol. The van der Waals surface area contributed by atoms with Crippen molar-refractivity contribution in [1.82, 2.24) is 5.32 Å². The Kier molecular flexibility index (Phi) is 7.08. The highest BCUT2D eigenvalue weighted by Gasteiger charge is 2.08. The van der Waals surface area contributed by atoms with Crippen LogP contribution in [0.5, 0.6) is 5.75 Å². The van der Waals surface area contributed by atoms with Gasteiger partial charge in [-0.25, -0.2) is 0 Å². The molecule has 1 aromatic carbocycles. The summed E-state index contributed by atoms with van der Waals surface area (Å²) in [6.45, 7) is 16.0. The van der Waals surface area contributed by atoms with Crippen molar-refractivity contribution in [3.05, 3.63) is 28.8 Å². The Hall–Kier alpha value is -1.02. The number of rotatable bonds is 8. The van der Waals surface area contributed by atoms with E-state index >= 15 is 0 Å². The van der Waals surface area contributed by atoms with E-state index in [1.807, 2.05) is 0 Å². The fourth-order valence-corrected chi connectivity index (χ4v) is 2.22. The van der Waals surface area contributed by atoms with Crippen LogP contribution in [-0.4, -0.2) is 13.2 Å². The Morgan fingerprint density at radius 3 is 2.20 bits per heavy atom. The fraction of sp³-hybridized carbons (Fsp3) is 0.667. The normalized spacial score (nSPS) is 12.8. The molecule has 0 aliphatic carbocycles. The first-order valence-corrected chi connectivity index (χ1v) is 7.87. The van der Waals surface area contributed by atoms with Crippen LogP contribution in [0, 0.1) is 25.7 Å². The van der Waals surface area contributed by atoms with Crippen LogP contribution in [-0.2, 0) is 6.54 Å². The van der Waals surface area contributed by atoms with Crippen LogP contribution in [0.15, 0.2) is 12.1 Å². The minimum atomic E-state index is 0.612. The molecule has 20 heavy (non-hydrogen) atoms. The lowest BCUT2D eigenvalue weighted by atomic mass is 10.0. The zero-order chi connectivity index (χ0) is 15.1. The number of aryl methyl sites for hydroxylation is 2. The first-order chi connectivity index (χ1) is 9.43. The number of nitrogens with one attached hydrogen (secondary N) is 1. The number of benzene rings is 1. The molecule has 0 saturated heterocycles. The molecule has 0 aliphatic rings. The smallest absolute Gasteiger partial charge is 0.125 e. The molecule has 0 aromatic heterocycles. The molecule has 0 amide bonds. The number of hydrogen-bond donors (Lipinski definition) is 1. The predicted octanol–water partition coefficient (Wildman–Crippen LogP) is 4.47. The molecule has 0 fully saturated rings. The Balaban J connectivity index is 2.66. The van der Waals surface area contributed by atoms with E-state index in [4.69, 9.17) is 4.74 Å². The number of ether oxygens (including phenoxy) is 1.